The third kappa shape index (κ3) is 3.83. The van der Waals surface area contributed by atoms with Crippen LogP contribution in [0.2, 0.25) is 0 Å². The van der Waals surface area contributed by atoms with Gasteiger partial charge in [-0.2, -0.15) is 0 Å². The lowest BCUT2D eigenvalue weighted by Gasteiger charge is -2.35. The Morgan fingerprint density at radius 2 is 1.81 bits per heavy atom. The molecule has 7 nitrogen and oxygen atoms in total. The number of hydrogen-bond donors (Lipinski definition) is 1. The molecule has 0 spiro atoms. The highest BCUT2D eigenvalue weighted by atomic mass is 16.6. The molecule has 0 unspecified atom stereocenters. The summed E-state index contributed by atoms with van der Waals surface area (Å²) in [7, 11) is 2.12. The molecule has 1 saturated heterocycles. The molecule has 0 saturated carbocycles. The lowest BCUT2D eigenvalue weighted by atomic mass is 10.1. The van der Waals surface area contributed by atoms with Gasteiger partial charge in [-0.1, -0.05) is 12.1 Å². The van der Waals surface area contributed by atoms with Gasteiger partial charge >= 0.3 is 0 Å². The number of aryl methyl sites for hydroxylation is 1. The van der Waals surface area contributed by atoms with Crippen LogP contribution in [0, 0.1) is 17.0 Å². The molecule has 0 aromatic heterocycles. The normalized spacial score (nSPS) is 14.9. The first-order valence-electron chi connectivity index (χ1n) is 8.54. The van der Waals surface area contributed by atoms with Crippen LogP contribution in [0.4, 0.5) is 17.1 Å². The number of rotatable bonds is 4. The van der Waals surface area contributed by atoms with Crippen molar-refractivity contribution in [1.29, 1.82) is 0 Å². The van der Waals surface area contributed by atoms with Gasteiger partial charge < -0.3 is 15.1 Å². The number of carbonyl (C=O) groups excluding carboxylic acids is 1. The van der Waals surface area contributed by atoms with Crippen molar-refractivity contribution in [1.82, 2.24) is 4.90 Å². The second kappa shape index (κ2) is 7.53. The number of carbonyl (C=O) groups is 1. The zero-order chi connectivity index (χ0) is 18.7. The first kappa shape index (κ1) is 17.9. The van der Waals surface area contributed by atoms with E-state index in [-0.39, 0.29) is 11.3 Å². The summed E-state index contributed by atoms with van der Waals surface area (Å²) in [6.07, 6.45) is 0. The lowest BCUT2D eigenvalue weighted by molar-refractivity contribution is -0.385. The second-order valence-corrected chi connectivity index (χ2v) is 6.52. The van der Waals surface area contributed by atoms with Gasteiger partial charge in [0.05, 0.1) is 4.92 Å². The quantitative estimate of drug-likeness (QED) is 0.675. The molecule has 1 aliphatic heterocycles. The van der Waals surface area contributed by atoms with E-state index in [1.165, 1.54) is 12.1 Å². The number of nitrogens with zero attached hydrogens (tertiary/aromatic N) is 3. The van der Waals surface area contributed by atoms with Crippen LogP contribution in [0.3, 0.4) is 0 Å². The Morgan fingerprint density at radius 3 is 2.46 bits per heavy atom. The maximum absolute atomic E-state index is 12.4. The van der Waals surface area contributed by atoms with Crippen LogP contribution in [-0.2, 0) is 0 Å². The van der Waals surface area contributed by atoms with Crippen LogP contribution in [0.25, 0.3) is 0 Å². The summed E-state index contributed by atoms with van der Waals surface area (Å²) < 4.78 is 0. The van der Waals surface area contributed by atoms with Crippen LogP contribution in [0.1, 0.15) is 15.9 Å². The number of nitrogens with one attached hydrogen (secondary N) is 1. The highest BCUT2D eigenvalue weighted by Gasteiger charge is 2.20. The minimum Gasteiger partial charge on any atom is -0.369 e. The number of hydrogen-bond acceptors (Lipinski definition) is 5. The number of amides is 1. The van der Waals surface area contributed by atoms with Gasteiger partial charge in [-0.15, -0.1) is 0 Å². The Kier molecular flexibility index (Phi) is 5.18. The molecule has 136 valence electrons. The molecule has 0 atom stereocenters. The van der Waals surface area contributed by atoms with Crippen molar-refractivity contribution >= 4 is 23.0 Å². The van der Waals surface area contributed by atoms with E-state index in [9.17, 15) is 14.9 Å². The topological polar surface area (TPSA) is 78.7 Å². The predicted molar refractivity (Wildman–Crippen MR) is 102 cm³/mol. The molecule has 0 aliphatic carbocycles. The van der Waals surface area contributed by atoms with Crippen LogP contribution < -0.4 is 10.2 Å². The van der Waals surface area contributed by atoms with Crippen molar-refractivity contribution in [3.63, 3.8) is 0 Å². The maximum Gasteiger partial charge on any atom is 0.282 e. The van der Waals surface area contributed by atoms with Crippen molar-refractivity contribution in [3.8, 4) is 0 Å². The summed E-state index contributed by atoms with van der Waals surface area (Å²) in [6.45, 7) is 6.00. The largest absolute Gasteiger partial charge is 0.369 e. The zero-order valence-electron chi connectivity index (χ0n) is 14.9. The van der Waals surface area contributed by atoms with E-state index in [1.807, 2.05) is 25.1 Å². The monoisotopic (exact) mass is 354 g/mol. The Balaban J connectivity index is 1.76. The highest BCUT2D eigenvalue weighted by Crippen LogP contribution is 2.26. The average molecular weight is 354 g/mol. The summed E-state index contributed by atoms with van der Waals surface area (Å²) in [6, 6.07) is 11.7. The SMILES string of the molecule is Cc1cc(NC(=O)c2ccccc2[N+](=O)[O-])ccc1N1CCN(C)CC1. The van der Waals surface area contributed by atoms with E-state index in [2.05, 4.69) is 22.2 Å². The maximum atomic E-state index is 12.4. The number of benzene rings is 2. The van der Waals surface area contributed by atoms with Gasteiger partial charge in [0.2, 0.25) is 0 Å². The number of piperazine rings is 1. The fourth-order valence-electron chi connectivity index (χ4n) is 3.16. The molecule has 0 bridgehead atoms. The van der Waals surface area contributed by atoms with E-state index in [0.717, 1.165) is 37.4 Å². The lowest BCUT2D eigenvalue weighted by Crippen LogP contribution is -2.44. The average Bonchev–Trinajstić information content (AvgIpc) is 2.63. The third-order valence-corrected chi connectivity index (χ3v) is 4.64. The molecule has 2 aromatic carbocycles. The zero-order valence-corrected chi connectivity index (χ0v) is 14.9. The fraction of sp³-hybridized carbons (Fsp3) is 0.316. The molecule has 3 rings (SSSR count). The molecule has 2 aromatic rings. The van der Waals surface area contributed by atoms with E-state index >= 15 is 0 Å². The molecule has 7 heteroatoms. The van der Waals surface area contributed by atoms with Gasteiger partial charge in [0.15, 0.2) is 0 Å². The smallest absolute Gasteiger partial charge is 0.282 e. The van der Waals surface area contributed by atoms with E-state index in [1.54, 1.807) is 12.1 Å². The summed E-state index contributed by atoms with van der Waals surface area (Å²) in [4.78, 5) is 27.6. The summed E-state index contributed by atoms with van der Waals surface area (Å²) in [5.41, 5.74) is 2.70. The molecule has 26 heavy (non-hydrogen) atoms. The van der Waals surface area contributed by atoms with Gasteiger partial charge in [0.1, 0.15) is 5.56 Å². The molecule has 1 N–H and O–H groups in total. The predicted octanol–water partition coefficient (Wildman–Crippen LogP) is 2.91. The third-order valence-electron chi connectivity index (χ3n) is 4.64. The summed E-state index contributed by atoms with van der Waals surface area (Å²) in [5.74, 6) is -0.482. The minimum absolute atomic E-state index is 0.0540. The fourth-order valence-corrected chi connectivity index (χ4v) is 3.16. The molecule has 1 heterocycles. The molecule has 1 fully saturated rings. The number of nitro benzene ring substituents is 1. The second-order valence-electron chi connectivity index (χ2n) is 6.52. The van der Waals surface area contributed by atoms with Gasteiger partial charge in [-0.3, -0.25) is 14.9 Å². The summed E-state index contributed by atoms with van der Waals surface area (Å²) >= 11 is 0. The molecular weight excluding hydrogens is 332 g/mol. The molecular formula is C19H22N4O3. The van der Waals surface area contributed by atoms with Crippen LogP contribution in [0.5, 0.6) is 0 Å². The van der Waals surface area contributed by atoms with E-state index in [0.29, 0.717) is 5.69 Å². The Morgan fingerprint density at radius 1 is 1.12 bits per heavy atom. The van der Waals surface area contributed by atoms with Gasteiger partial charge in [0.25, 0.3) is 11.6 Å². The number of anilines is 2. The van der Waals surface area contributed by atoms with Crippen molar-refractivity contribution in [2.75, 3.05) is 43.4 Å². The number of para-hydroxylation sites is 1. The van der Waals surface area contributed by atoms with Crippen molar-refractivity contribution in [2.24, 2.45) is 0 Å². The minimum atomic E-state index is -0.545. The standard InChI is InChI=1S/C19H22N4O3/c1-14-13-15(7-8-17(14)22-11-9-21(2)10-12-22)20-19(24)16-5-3-4-6-18(16)23(25)26/h3-8,13H,9-12H2,1-2H3,(H,20,24). The van der Waals surface area contributed by atoms with Gasteiger partial charge in [-0.05, 0) is 43.8 Å². The molecule has 1 amide bonds. The molecule has 0 radical (unpaired) electrons. The van der Waals surface area contributed by atoms with Gasteiger partial charge in [0, 0.05) is 43.6 Å². The van der Waals surface area contributed by atoms with E-state index < -0.39 is 10.8 Å². The van der Waals surface area contributed by atoms with E-state index in [4.69, 9.17) is 0 Å². The number of likely N-dealkylation sites (N-methyl/N-ethyl adjacent to an activating group) is 1. The van der Waals surface area contributed by atoms with Crippen molar-refractivity contribution in [3.05, 3.63) is 63.7 Å². The number of nitro groups is 1. The highest BCUT2D eigenvalue weighted by molar-refractivity contribution is 6.07. The Hall–Kier alpha value is -2.93. The van der Waals surface area contributed by atoms with Gasteiger partial charge in [-0.25, -0.2) is 0 Å². The first-order valence-corrected chi connectivity index (χ1v) is 8.54. The molecule has 1 aliphatic rings. The Labute approximate surface area is 152 Å². The Bertz CT molecular complexity index is 829. The van der Waals surface area contributed by atoms with Crippen molar-refractivity contribution < 1.29 is 9.72 Å². The summed E-state index contributed by atoms with van der Waals surface area (Å²) in [5, 5.41) is 13.9. The first-order chi connectivity index (χ1) is 12.5. The van der Waals surface area contributed by atoms with Crippen LogP contribution >= 0.6 is 0 Å². The van der Waals surface area contributed by atoms with Crippen LogP contribution in [0.15, 0.2) is 42.5 Å². The van der Waals surface area contributed by atoms with Crippen LogP contribution in [-0.4, -0.2) is 49.0 Å². The van der Waals surface area contributed by atoms with Crippen molar-refractivity contribution in [2.45, 2.75) is 6.92 Å².